The maximum atomic E-state index is 11.4. The molecule has 2 N–H and O–H groups in total. The van der Waals surface area contributed by atoms with E-state index in [-0.39, 0.29) is 0 Å². The van der Waals surface area contributed by atoms with E-state index in [2.05, 4.69) is 9.84 Å². The molecule has 0 amide bonds. The van der Waals surface area contributed by atoms with Gasteiger partial charge in [-0.3, -0.25) is 0 Å². The fourth-order valence-electron chi connectivity index (χ4n) is 1.40. The molecule has 1 heterocycles. The number of carbonyl (C=O) groups is 1. The van der Waals surface area contributed by atoms with E-state index >= 15 is 0 Å². The van der Waals surface area contributed by atoms with Crippen LogP contribution in [0.5, 0.6) is 0 Å². The van der Waals surface area contributed by atoms with Gasteiger partial charge in [-0.1, -0.05) is 0 Å². The Labute approximate surface area is 92.4 Å². The first kappa shape index (κ1) is 10.2. The number of nitrogens with two attached hydrogens (primary N) is 1. The third-order valence-corrected chi connectivity index (χ3v) is 2.21. The lowest BCUT2D eigenvalue weighted by atomic mass is 10.1. The number of hydrogen-bond acceptors (Lipinski definition) is 4. The lowest BCUT2D eigenvalue weighted by Gasteiger charge is -2.06. The molecule has 5 heteroatoms. The Bertz CT molecular complexity index is 506. The van der Waals surface area contributed by atoms with Gasteiger partial charge in [0.2, 0.25) is 0 Å². The minimum Gasteiger partial charge on any atom is -0.465 e. The summed E-state index contributed by atoms with van der Waals surface area (Å²) in [5.41, 5.74) is 7.19. The number of esters is 1. The van der Waals surface area contributed by atoms with Crippen LogP contribution in [0.1, 0.15) is 10.4 Å². The van der Waals surface area contributed by atoms with Gasteiger partial charge in [-0.25, -0.2) is 9.48 Å². The van der Waals surface area contributed by atoms with Gasteiger partial charge in [-0.05, 0) is 24.3 Å². The van der Waals surface area contributed by atoms with Gasteiger partial charge in [-0.2, -0.15) is 5.10 Å². The van der Waals surface area contributed by atoms with Gasteiger partial charge < -0.3 is 10.5 Å². The number of nitrogens with zero attached hydrogens (tertiary/aromatic N) is 2. The normalized spacial score (nSPS) is 10.1. The quantitative estimate of drug-likeness (QED) is 0.607. The smallest absolute Gasteiger partial charge is 0.340 e. The standard InChI is InChI=1S/C11H11N3O2/c1-16-11(15)9-7-8(3-4-10(9)12)14-6-2-5-13-14/h2-7H,12H2,1H3. The first-order valence-electron chi connectivity index (χ1n) is 4.70. The Kier molecular flexibility index (Phi) is 2.59. The largest absolute Gasteiger partial charge is 0.465 e. The van der Waals surface area contributed by atoms with Crippen LogP contribution in [0.15, 0.2) is 36.7 Å². The Balaban J connectivity index is 2.47. The molecular weight excluding hydrogens is 206 g/mol. The molecule has 1 aromatic carbocycles. The fourth-order valence-corrected chi connectivity index (χ4v) is 1.40. The Morgan fingerprint density at radius 1 is 1.50 bits per heavy atom. The monoisotopic (exact) mass is 217 g/mol. The van der Waals surface area contributed by atoms with E-state index in [4.69, 9.17) is 5.73 Å². The summed E-state index contributed by atoms with van der Waals surface area (Å²) in [4.78, 5) is 11.4. The number of benzene rings is 1. The second-order valence-corrected chi connectivity index (χ2v) is 3.21. The summed E-state index contributed by atoms with van der Waals surface area (Å²) in [6.07, 6.45) is 3.45. The maximum absolute atomic E-state index is 11.4. The van der Waals surface area contributed by atoms with E-state index in [0.29, 0.717) is 11.3 Å². The number of ether oxygens (including phenoxy) is 1. The first-order chi connectivity index (χ1) is 7.72. The van der Waals surface area contributed by atoms with Gasteiger partial charge in [0, 0.05) is 18.1 Å². The van der Waals surface area contributed by atoms with Crippen LogP contribution in [0.4, 0.5) is 5.69 Å². The van der Waals surface area contributed by atoms with E-state index < -0.39 is 5.97 Å². The molecule has 5 nitrogen and oxygen atoms in total. The third kappa shape index (κ3) is 1.75. The van der Waals surface area contributed by atoms with Crippen LogP contribution in [-0.2, 0) is 4.74 Å². The average molecular weight is 217 g/mol. The molecule has 0 fully saturated rings. The molecule has 82 valence electrons. The second-order valence-electron chi connectivity index (χ2n) is 3.21. The predicted molar refractivity (Wildman–Crippen MR) is 59.3 cm³/mol. The fraction of sp³-hybridized carbons (Fsp3) is 0.0909. The van der Waals surface area contributed by atoms with Crippen molar-refractivity contribution in [2.24, 2.45) is 0 Å². The van der Waals surface area contributed by atoms with Crippen LogP contribution >= 0.6 is 0 Å². The van der Waals surface area contributed by atoms with Crippen LogP contribution in [-0.4, -0.2) is 22.9 Å². The molecule has 0 spiro atoms. The van der Waals surface area contributed by atoms with Crippen molar-refractivity contribution in [3.63, 3.8) is 0 Å². The number of rotatable bonds is 2. The Morgan fingerprint density at radius 3 is 2.94 bits per heavy atom. The van der Waals surface area contributed by atoms with Crippen molar-refractivity contribution >= 4 is 11.7 Å². The summed E-state index contributed by atoms with van der Waals surface area (Å²) in [5.74, 6) is -0.452. The number of anilines is 1. The minimum absolute atomic E-state index is 0.343. The molecule has 1 aromatic heterocycles. The van der Waals surface area contributed by atoms with Crippen LogP contribution in [0, 0.1) is 0 Å². The summed E-state index contributed by atoms with van der Waals surface area (Å²) < 4.78 is 6.29. The van der Waals surface area contributed by atoms with Gasteiger partial charge in [0.05, 0.1) is 18.4 Å². The highest BCUT2D eigenvalue weighted by Gasteiger charge is 2.11. The molecule has 0 saturated heterocycles. The molecule has 16 heavy (non-hydrogen) atoms. The van der Waals surface area contributed by atoms with Gasteiger partial charge in [0.25, 0.3) is 0 Å². The van der Waals surface area contributed by atoms with E-state index in [1.807, 2.05) is 0 Å². The van der Waals surface area contributed by atoms with Gasteiger partial charge >= 0.3 is 5.97 Å². The number of carbonyl (C=O) groups excluding carboxylic acids is 1. The molecule has 0 saturated carbocycles. The summed E-state index contributed by atoms with van der Waals surface area (Å²) in [7, 11) is 1.32. The zero-order valence-electron chi connectivity index (χ0n) is 8.75. The molecular formula is C11H11N3O2. The molecule has 2 rings (SSSR count). The molecule has 0 atom stereocenters. The third-order valence-electron chi connectivity index (χ3n) is 2.21. The molecule has 0 aliphatic heterocycles. The lowest BCUT2D eigenvalue weighted by molar-refractivity contribution is 0.0602. The van der Waals surface area contributed by atoms with E-state index in [1.165, 1.54) is 7.11 Å². The van der Waals surface area contributed by atoms with Crippen molar-refractivity contribution in [3.05, 3.63) is 42.2 Å². The highest BCUT2D eigenvalue weighted by Crippen LogP contribution is 2.17. The van der Waals surface area contributed by atoms with Crippen molar-refractivity contribution in [2.75, 3.05) is 12.8 Å². The van der Waals surface area contributed by atoms with Crippen LogP contribution in [0.2, 0.25) is 0 Å². The van der Waals surface area contributed by atoms with Crippen molar-refractivity contribution in [2.45, 2.75) is 0 Å². The van der Waals surface area contributed by atoms with Gasteiger partial charge in [0.1, 0.15) is 0 Å². The van der Waals surface area contributed by atoms with Crippen LogP contribution in [0.3, 0.4) is 0 Å². The number of hydrogen-bond donors (Lipinski definition) is 1. The van der Waals surface area contributed by atoms with Crippen molar-refractivity contribution in [1.82, 2.24) is 9.78 Å². The zero-order chi connectivity index (χ0) is 11.5. The molecule has 2 aromatic rings. The zero-order valence-corrected chi connectivity index (χ0v) is 8.75. The second kappa shape index (κ2) is 4.06. The molecule has 0 aliphatic carbocycles. The number of aromatic nitrogens is 2. The molecule has 0 radical (unpaired) electrons. The van der Waals surface area contributed by atoms with E-state index in [0.717, 1.165) is 5.69 Å². The number of methoxy groups -OCH3 is 1. The van der Waals surface area contributed by atoms with E-state index in [1.54, 1.807) is 41.3 Å². The highest BCUT2D eigenvalue weighted by atomic mass is 16.5. The topological polar surface area (TPSA) is 70.1 Å². The summed E-state index contributed by atoms with van der Waals surface area (Å²) in [6.45, 7) is 0. The van der Waals surface area contributed by atoms with Gasteiger partial charge in [-0.15, -0.1) is 0 Å². The van der Waals surface area contributed by atoms with Crippen molar-refractivity contribution in [3.8, 4) is 5.69 Å². The lowest BCUT2D eigenvalue weighted by Crippen LogP contribution is -2.07. The summed E-state index contributed by atoms with van der Waals surface area (Å²) in [5, 5.41) is 4.07. The van der Waals surface area contributed by atoms with Crippen LogP contribution < -0.4 is 5.73 Å². The molecule has 0 bridgehead atoms. The van der Waals surface area contributed by atoms with Crippen molar-refractivity contribution < 1.29 is 9.53 Å². The van der Waals surface area contributed by atoms with Crippen molar-refractivity contribution in [1.29, 1.82) is 0 Å². The predicted octanol–water partition coefficient (Wildman–Crippen LogP) is 1.24. The van der Waals surface area contributed by atoms with E-state index in [9.17, 15) is 4.79 Å². The molecule has 0 unspecified atom stereocenters. The minimum atomic E-state index is -0.452. The SMILES string of the molecule is COC(=O)c1cc(-n2cccn2)ccc1N. The average Bonchev–Trinajstić information content (AvgIpc) is 2.82. The Morgan fingerprint density at radius 2 is 2.31 bits per heavy atom. The maximum Gasteiger partial charge on any atom is 0.340 e. The van der Waals surface area contributed by atoms with Crippen LogP contribution in [0.25, 0.3) is 5.69 Å². The molecule has 0 aliphatic rings. The van der Waals surface area contributed by atoms with Gasteiger partial charge in [0.15, 0.2) is 0 Å². The number of nitrogen functional groups attached to an aromatic ring is 1. The summed E-state index contributed by atoms with van der Waals surface area (Å²) in [6, 6.07) is 6.89. The first-order valence-corrected chi connectivity index (χ1v) is 4.70. The summed E-state index contributed by atoms with van der Waals surface area (Å²) >= 11 is 0. The highest BCUT2D eigenvalue weighted by molar-refractivity contribution is 5.95. The Hall–Kier alpha value is -2.30.